The van der Waals surface area contributed by atoms with Crippen LogP contribution in [0.15, 0.2) is 103 Å². The second-order valence-electron chi connectivity index (χ2n) is 9.99. The van der Waals surface area contributed by atoms with E-state index in [1.54, 1.807) is 13.2 Å². The van der Waals surface area contributed by atoms with Crippen LogP contribution >= 0.6 is 0 Å². The Bertz CT molecular complexity index is 1720. The van der Waals surface area contributed by atoms with E-state index in [2.05, 4.69) is 5.32 Å². The van der Waals surface area contributed by atoms with Crippen LogP contribution < -0.4 is 10.1 Å². The Morgan fingerprint density at radius 2 is 1.62 bits per heavy atom. The largest absolute Gasteiger partial charge is 0.497 e. The molecular formula is C34H31FN4O3. The number of hydrogen-bond acceptors (Lipinski definition) is 4. The number of imidazole rings is 1. The zero-order valence-corrected chi connectivity index (χ0v) is 23.7. The Hall–Kier alpha value is -5.24. The summed E-state index contributed by atoms with van der Waals surface area (Å²) < 4.78 is 21.7. The first-order valence-electron chi connectivity index (χ1n) is 13.5. The van der Waals surface area contributed by atoms with E-state index in [1.807, 2.05) is 97.4 Å². The van der Waals surface area contributed by atoms with E-state index in [4.69, 9.17) is 9.72 Å². The molecule has 0 bridgehead atoms. The molecule has 0 aliphatic rings. The van der Waals surface area contributed by atoms with Crippen molar-refractivity contribution in [1.29, 1.82) is 0 Å². The molecule has 1 heterocycles. The van der Waals surface area contributed by atoms with Crippen molar-refractivity contribution in [1.82, 2.24) is 14.5 Å². The van der Waals surface area contributed by atoms with Crippen molar-refractivity contribution in [2.45, 2.75) is 20.4 Å². The number of hydrogen-bond donors (Lipinski definition) is 1. The molecule has 212 valence electrons. The number of nitrogens with zero attached hydrogens (tertiary/aromatic N) is 3. The zero-order chi connectivity index (χ0) is 29.6. The number of benzene rings is 4. The Kier molecular flexibility index (Phi) is 8.43. The van der Waals surface area contributed by atoms with Gasteiger partial charge in [0.2, 0.25) is 11.9 Å². The molecule has 0 radical (unpaired) electrons. The third-order valence-electron chi connectivity index (χ3n) is 7.05. The van der Waals surface area contributed by atoms with Crippen molar-refractivity contribution in [2.24, 2.45) is 0 Å². The molecule has 0 aliphatic heterocycles. The van der Waals surface area contributed by atoms with E-state index >= 15 is 0 Å². The van der Waals surface area contributed by atoms with Gasteiger partial charge in [0.15, 0.2) is 0 Å². The van der Waals surface area contributed by atoms with E-state index in [-0.39, 0.29) is 18.7 Å². The lowest BCUT2D eigenvalue weighted by atomic mass is 10.1. The smallest absolute Gasteiger partial charge is 0.257 e. The second kappa shape index (κ2) is 12.5. The van der Waals surface area contributed by atoms with E-state index in [9.17, 15) is 14.0 Å². The highest BCUT2D eigenvalue weighted by atomic mass is 19.1. The van der Waals surface area contributed by atoms with Crippen LogP contribution in [0.4, 0.5) is 10.3 Å². The molecule has 0 saturated heterocycles. The van der Waals surface area contributed by atoms with E-state index in [0.29, 0.717) is 11.6 Å². The highest BCUT2D eigenvalue weighted by Gasteiger charge is 2.23. The normalized spacial score (nSPS) is 10.8. The summed E-state index contributed by atoms with van der Waals surface area (Å²) in [6, 6.07) is 28.5. The van der Waals surface area contributed by atoms with Crippen molar-refractivity contribution in [2.75, 3.05) is 19.0 Å². The maximum absolute atomic E-state index is 14.6. The van der Waals surface area contributed by atoms with Crippen molar-refractivity contribution < 1.29 is 18.7 Å². The van der Waals surface area contributed by atoms with Crippen LogP contribution in [0.5, 0.6) is 5.75 Å². The minimum absolute atomic E-state index is 0.0975. The first-order valence-corrected chi connectivity index (χ1v) is 13.5. The number of anilines is 1. The van der Waals surface area contributed by atoms with Gasteiger partial charge >= 0.3 is 0 Å². The van der Waals surface area contributed by atoms with Crippen LogP contribution in [0.1, 0.15) is 27.0 Å². The summed E-state index contributed by atoms with van der Waals surface area (Å²) >= 11 is 0. The van der Waals surface area contributed by atoms with Gasteiger partial charge in [-0.2, -0.15) is 0 Å². The van der Waals surface area contributed by atoms with E-state index in [0.717, 1.165) is 33.7 Å². The molecule has 7 nitrogen and oxygen atoms in total. The van der Waals surface area contributed by atoms with Gasteiger partial charge in [0.25, 0.3) is 5.91 Å². The minimum Gasteiger partial charge on any atom is -0.497 e. The van der Waals surface area contributed by atoms with Gasteiger partial charge in [0, 0.05) is 24.0 Å². The Balaban J connectivity index is 1.46. The van der Waals surface area contributed by atoms with Crippen LogP contribution in [0, 0.1) is 19.7 Å². The van der Waals surface area contributed by atoms with E-state index in [1.165, 1.54) is 23.1 Å². The lowest BCUT2D eigenvalue weighted by Gasteiger charge is -2.23. The van der Waals surface area contributed by atoms with Gasteiger partial charge in [-0.15, -0.1) is 0 Å². The number of rotatable bonds is 9. The molecule has 2 amide bonds. The van der Waals surface area contributed by atoms with Crippen molar-refractivity contribution in [3.05, 3.63) is 131 Å². The third kappa shape index (κ3) is 6.39. The maximum atomic E-state index is 14.6. The zero-order valence-electron chi connectivity index (χ0n) is 23.7. The van der Waals surface area contributed by atoms with Crippen molar-refractivity contribution in [3.63, 3.8) is 0 Å². The minimum atomic E-state index is -0.643. The van der Waals surface area contributed by atoms with Gasteiger partial charge in [-0.25, -0.2) is 9.37 Å². The predicted octanol–water partition coefficient (Wildman–Crippen LogP) is 6.58. The van der Waals surface area contributed by atoms with Gasteiger partial charge in [-0.3, -0.25) is 19.5 Å². The summed E-state index contributed by atoms with van der Waals surface area (Å²) in [6.07, 6.45) is 1.85. The first-order chi connectivity index (χ1) is 20.3. The fourth-order valence-electron chi connectivity index (χ4n) is 4.59. The molecule has 0 unspecified atom stereocenters. The maximum Gasteiger partial charge on any atom is 0.257 e. The second-order valence-corrected chi connectivity index (χ2v) is 9.99. The van der Waals surface area contributed by atoms with Gasteiger partial charge in [-0.05, 0) is 79.1 Å². The summed E-state index contributed by atoms with van der Waals surface area (Å²) in [5.41, 5.74) is 5.26. The van der Waals surface area contributed by atoms with Crippen LogP contribution in [0.25, 0.3) is 16.9 Å². The van der Waals surface area contributed by atoms with Gasteiger partial charge < -0.3 is 9.64 Å². The number of nitrogens with one attached hydrogen (secondary N) is 1. The van der Waals surface area contributed by atoms with Crippen LogP contribution in [-0.2, 0) is 11.3 Å². The predicted molar refractivity (Wildman–Crippen MR) is 161 cm³/mol. The molecule has 42 heavy (non-hydrogen) atoms. The molecule has 4 aromatic carbocycles. The lowest BCUT2D eigenvalue weighted by molar-refractivity contribution is -0.117. The summed E-state index contributed by atoms with van der Waals surface area (Å²) in [5, 5.41) is 2.89. The first kappa shape index (κ1) is 28.3. The third-order valence-corrected chi connectivity index (χ3v) is 7.05. The fourth-order valence-corrected chi connectivity index (χ4v) is 4.59. The summed E-state index contributed by atoms with van der Waals surface area (Å²) in [5.74, 6) is -0.669. The molecule has 1 N–H and O–H groups in total. The molecule has 0 fully saturated rings. The summed E-state index contributed by atoms with van der Waals surface area (Å²) in [6.45, 7) is 3.88. The van der Waals surface area contributed by atoms with Gasteiger partial charge in [0.1, 0.15) is 18.1 Å². The molecule has 0 atom stereocenters. The number of carbonyl (C=O) groups excluding carboxylic acids is 2. The average Bonchev–Trinajstić information content (AvgIpc) is 3.42. The summed E-state index contributed by atoms with van der Waals surface area (Å²) in [7, 11) is 1.61. The number of carbonyl (C=O) groups is 2. The highest BCUT2D eigenvalue weighted by molar-refractivity contribution is 5.99. The number of aromatic nitrogens is 2. The standard InChI is InChI=1S/C34H31FN4O3/c1-23-13-16-27(19-24(23)2)39-21-31(26-14-17-28(42-3)18-15-26)36-34(39)37-32(40)22-38(20-25-9-5-4-6-10-25)33(41)29-11-7-8-12-30(29)35/h4-19,21H,20,22H2,1-3H3,(H,36,37,40). The number of amides is 2. The quantitative estimate of drug-likeness (QED) is 0.220. The van der Waals surface area contributed by atoms with Crippen LogP contribution in [0.2, 0.25) is 0 Å². The average molecular weight is 563 g/mol. The highest BCUT2D eigenvalue weighted by Crippen LogP contribution is 2.27. The molecule has 0 spiro atoms. The lowest BCUT2D eigenvalue weighted by Crippen LogP contribution is -2.38. The van der Waals surface area contributed by atoms with Gasteiger partial charge in [0.05, 0.1) is 18.4 Å². The SMILES string of the molecule is COc1ccc(-c2cn(-c3ccc(C)c(C)c3)c(NC(=O)CN(Cc3ccccc3)C(=O)c3ccccc3F)n2)cc1. The number of halogens is 1. The fraction of sp³-hybridized carbons (Fsp3) is 0.147. The molecule has 0 aliphatic carbocycles. The number of methoxy groups -OCH3 is 1. The number of aryl methyl sites for hydroxylation is 2. The molecule has 8 heteroatoms. The van der Waals surface area contributed by atoms with Crippen LogP contribution in [-0.4, -0.2) is 39.9 Å². The van der Waals surface area contributed by atoms with Crippen LogP contribution in [0.3, 0.4) is 0 Å². The van der Waals surface area contributed by atoms with Crippen molar-refractivity contribution in [3.8, 4) is 22.7 Å². The Morgan fingerprint density at radius 3 is 2.31 bits per heavy atom. The number of ether oxygens (including phenoxy) is 1. The Labute approximate surface area is 244 Å². The molecule has 1 aromatic heterocycles. The monoisotopic (exact) mass is 562 g/mol. The van der Waals surface area contributed by atoms with E-state index < -0.39 is 17.6 Å². The molecule has 0 saturated carbocycles. The van der Waals surface area contributed by atoms with Gasteiger partial charge in [-0.1, -0.05) is 48.5 Å². The summed E-state index contributed by atoms with van der Waals surface area (Å²) in [4.78, 5) is 33.0. The topological polar surface area (TPSA) is 76.5 Å². The molecule has 5 aromatic rings. The van der Waals surface area contributed by atoms with Crippen molar-refractivity contribution >= 4 is 17.8 Å². The molecule has 5 rings (SSSR count). The molecular weight excluding hydrogens is 531 g/mol. The Morgan fingerprint density at radius 1 is 0.905 bits per heavy atom.